The second kappa shape index (κ2) is 16.4. The lowest BCUT2D eigenvalue weighted by Crippen LogP contribution is -2.19. The summed E-state index contributed by atoms with van der Waals surface area (Å²) in [5.74, 6) is -7.76. The monoisotopic (exact) mass is 911 g/mol. The number of phenols is 9. The Kier molecular flexibility index (Phi) is 10.5. The molecule has 10 rings (SSSR count). The van der Waals surface area contributed by atoms with E-state index in [1.54, 1.807) is 43.4 Å². The third kappa shape index (κ3) is 6.69. The molecule has 17 heteroatoms. The lowest BCUT2D eigenvalue weighted by molar-refractivity contribution is 0.380. The van der Waals surface area contributed by atoms with E-state index in [1.807, 2.05) is 48.5 Å². The molecule has 12 nitrogen and oxygen atoms in total. The van der Waals surface area contributed by atoms with Gasteiger partial charge in [0.2, 0.25) is 0 Å². The summed E-state index contributed by atoms with van der Waals surface area (Å²) in [5, 5.41) is 105. The van der Waals surface area contributed by atoms with Crippen LogP contribution in [0, 0.1) is 0 Å². The zero-order valence-corrected chi connectivity index (χ0v) is 37.6. The van der Waals surface area contributed by atoms with Crippen LogP contribution < -0.4 is 21.9 Å². The fourth-order valence-corrected chi connectivity index (χ4v) is 10.4. The van der Waals surface area contributed by atoms with E-state index < -0.39 is 74.8 Å². The summed E-state index contributed by atoms with van der Waals surface area (Å²) in [6.45, 7) is 0. The van der Waals surface area contributed by atoms with E-state index in [9.17, 15) is 46.0 Å². The number of benzene rings is 8. The van der Waals surface area contributed by atoms with Crippen LogP contribution in [0.3, 0.4) is 0 Å². The Bertz CT molecular complexity index is 3580. The minimum atomic E-state index is -0.928. The van der Waals surface area contributed by atoms with E-state index in [0.717, 1.165) is 42.4 Å². The van der Waals surface area contributed by atoms with Crippen LogP contribution in [0.2, 0.25) is 0 Å². The molecule has 0 bridgehead atoms. The smallest absolute Gasteiger partial charge is 0.172 e. The quantitative estimate of drug-likeness (QED) is 0.0622. The maximum Gasteiger partial charge on any atom is 0.172 e. The molecule has 8 aromatic carbocycles. The van der Waals surface area contributed by atoms with E-state index in [0.29, 0.717) is 27.7 Å². The first-order chi connectivity index (χ1) is 32.7. The Morgan fingerprint density at radius 3 is 1.26 bits per heavy atom. The van der Waals surface area contributed by atoms with Gasteiger partial charge in [-0.15, -0.1) is 11.3 Å². The van der Waals surface area contributed by atoms with Crippen molar-refractivity contribution in [3.8, 4) is 130 Å². The van der Waals surface area contributed by atoms with Gasteiger partial charge in [0.15, 0.2) is 52.0 Å². The van der Waals surface area contributed by atoms with Crippen LogP contribution in [0.5, 0.6) is 51.7 Å². The van der Waals surface area contributed by atoms with E-state index >= 15 is 0 Å². The highest BCUT2D eigenvalue weighted by molar-refractivity contribution is 7.27. The summed E-state index contributed by atoms with van der Waals surface area (Å²) in [7, 11) is 5.86. The predicted molar refractivity (Wildman–Crippen MR) is 278 cm³/mol. The molecular weight excluding hydrogens is 874 g/mol. The Hall–Kier alpha value is -8.55. The summed E-state index contributed by atoms with van der Waals surface area (Å²) in [6, 6.07) is 39.5. The van der Waals surface area contributed by atoms with Crippen molar-refractivity contribution in [3.05, 3.63) is 121 Å². The molecular formula is C51H37B4N3O9S. The van der Waals surface area contributed by atoms with Crippen molar-refractivity contribution in [2.75, 3.05) is 0 Å². The van der Waals surface area contributed by atoms with E-state index in [-0.39, 0.29) is 27.5 Å². The number of rotatable bonds is 7. The van der Waals surface area contributed by atoms with Gasteiger partial charge in [-0.2, -0.15) is 0 Å². The van der Waals surface area contributed by atoms with Gasteiger partial charge in [-0.1, -0.05) is 127 Å². The van der Waals surface area contributed by atoms with Crippen molar-refractivity contribution in [1.29, 1.82) is 0 Å². The van der Waals surface area contributed by atoms with Crippen LogP contribution in [0.25, 0.3) is 98.8 Å². The number of fused-ring (bicyclic) bond motifs is 3. The Morgan fingerprint density at radius 2 is 0.706 bits per heavy atom. The van der Waals surface area contributed by atoms with Crippen LogP contribution in [0.1, 0.15) is 0 Å². The largest absolute Gasteiger partial charge is 0.509 e. The third-order valence-corrected chi connectivity index (χ3v) is 14.0. The molecule has 0 amide bonds. The molecule has 2 aromatic heterocycles. The van der Waals surface area contributed by atoms with Crippen LogP contribution in [-0.4, -0.2) is 92.3 Å². The fraction of sp³-hybridized carbons (Fsp3) is 0. The van der Waals surface area contributed by atoms with Gasteiger partial charge in [-0.3, -0.25) is 0 Å². The standard InChI is InChI=1S/C51H37B4N3O9S/c52-34-29(24-11-5-2-6-12-24)38(59)32(50-56-49(31-35(53)43(64)36(54)44(65)40(31)61)57-51(58-50)33-41(62)45(66)37(55)46(67)42(33)63)39(60)30(34)28-16-8-15-27-26-14-7-13-25(47(26)68-48(27)28)23-19-17-22(18-20-23)21-9-3-1-4-10-21/h1-20,59-67H,52-55H2. The van der Waals surface area contributed by atoms with Gasteiger partial charge in [0.25, 0.3) is 0 Å². The lowest BCUT2D eigenvalue weighted by atomic mass is 9.78. The van der Waals surface area contributed by atoms with Crippen LogP contribution >= 0.6 is 11.3 Å². The Morgan fingerprint density at radius 1 is 0.294 bits per heavy atom. The van der Waals surface area contributed by atoms with Crippen molar-refractivity contribution in [3.63, 3.8) is 0 Å². The van der Waals surface area contributed by atoms with Gasteiger partial charge in [0.05, 0.1) is 5.56 Å². The molecule has 0 atom stereocenters. The number of nitrogens with zero attached hydrogens (tertiary/aromatic N) is 3. The molecule has 0 radical (unpaired) electrons. The van der Waals surface area contributed by atoms with Crippen molar-refractivity contribution >= 4 is 84.7 Å². The number of aromatic nitrogens is 3. The number of hydrogen-bond donors (Lipinski definition) is 9. The van der Waals surface area contributed by atoms with Gasteiger partial charge in [-0.25, -0.2) is 15.0 Å². The molecule has 9 N–H and O–H groups in total. The molecule has 0 spiro atoms. The highest BCUT2D eigenvalue weighted by atomic mass is 32.1. The molecule has 0 aliphatic rings. The maximum atomic E-state index is 12.8. The van der Waals surface area contributed by atoms with E-state index in [1.165, 1.54) is 23.5 Å². The molecule has 0 saturated heterocycles. The first-order valence-electron chi connectivity index (χ1n) is 21.4. The summed E-state index contributed by atoms with van der Waals surface area (Å²) < 4.78 is 1.84. The average molecular weight is 911 g/mol. The van der Waals surface area contributed by atoms with Crippen molar-refractivity contribution in [2.45, 2.75) is 0 Å². The van der Waals surface area contributed by atoms with Crippen molar-refractivity contribution in [1.82, 2.24) is 15.0 Å². The van der Waals surface area contributed by atoms with Crippen LogP contribution in [0.15, 0.2) is 121 Å². The predicted octanol–water partition coefficient (Wildman–Crippen LogP) is 4.29. The van der Waals surface area contributed by atoms with E-state index in [2.05, 4.69) is 63.5 Å². The van der Waals surface area contributed by atoms with Gasteiger partial charge in [0, 0.05) is 42.3 Å². The summed E-state index contributed by atoms with van der Waals surface area (Å²) in [4.78, 5) is 13.6. The zero-order valence-electron chi connectivity index (χ0n) is 36.8. The minimum Gasteiger partial charge on any atom is -0.509 e. The van der Waals surface area contributed by atoms with Gasteiger partial charge in [-0.05, 0) is 38.7 Å². The second-order valence-corrected chi connectivity index (χ2v) is 17.6. The maximum absolute atomic E-state index is 12.8. The molecule has 0 fully saturated rings. The molecule has 0 unspecified atom stereocenters. The van der Waals surface area contributed by atoms with E-state index in [4.69, 9.17) is 0 Å². The molecule has 68 heavy (non-hydrogen) atoms. The number of thiophene rings is 1. The Balaban J connectivity index is 1.27. The van der Waals surface area contributed by atoms with Gasteiger partial charge < -0.3 is 46.0 Å². The third-order valence-electron chi connectivity index (χ3n) is 12.7. The highest BCUT2D eigenvalue weighted by Crippen LogP contribution is 2.52. The fourth-order valence-electron chi connectivity index (χ4n) is 9.06. The molecule has 0 aliphatic carbocycles. The second-order valence-electron chi connectivity index (χ2n) is 16.6. The zero-order chi connectivity index (χ0) is 47.9. The molecule has 328 valence electrons. The first-order valence-corrected chi connectivity index (χ1v) is 22.2. The highest BCUT2D eigenvalue weighted by Gasteiger charge is 2.32. The SMILES string of the molecule is Bc1c(O)c(B)c(-c2nc(-c3c(O)c(O)c(B)c(O)c3O)nc(-c3c(O)c(-c4ccccc4)c(B)c(-c4cccc5c4sc4c(-c6ccc(-c7ccccc7)cc6)cccc45)c3O)n2)c(O)c1O. The number of phenolic OH excluding ortho intramolecular Hbond substituents is 9. The van der Waals surface area contributed by atoms with Gasteiger partial charge in [0.1, 0.15) is 59.8 Å². The van der Waals surface area contributed by atoms with Crippen molar-refractivity contribution in [2.24, 2.45) is 0 Å². The van der Waals surface area contributed by atoms with Crippen LogP contribution in [0.4, 0.5) is 0 Å². The summed E-state index contributed by atoms with van der Waals surface area (Å²) in [6.07, 6.45) is 0. The first kappa shape index (κ1) is 43.3. The number of hydrogen-bond acceptors (Lipinski definition) is 13. The molecule has 0 saturated carbocycles. The number of aromatic hydroxyl groups is 9. The lowest BCUT2D eigenvalue weighted by Gasteiger charge is -2.21. The molecule has 10 aromatic rings. The normalized spacial score (nSPS) is 11.4. The Labute approximate surface area is 395 Å². The topological polar surface area (TPSA) is 221 Å². The van der Waals surface area contributed by atoms with Crippen LogP contribution in [-0.2, 0) is 0 Å². The van der Waals surface area contributed by atoms with Crippen molar-refractivity contribution < 1.29 is 46.0 Å². The molecule has 2 heterocycles. The minimum absolute atomic E-state index is 0.00917. The summed E-state index contributed by atoms with van der Waals surface area (Å²) in [5.41, 5.74) is 4.94. The molecule has 0 aliphatic heterocycles. The average Bonchev–Trinajstić information content (AvgIpc) is 3.74. The summed E-state index contributed by atoms with van der Waals surface area (Å²) >= 11 is 1.55. The van der Waals surface area contributed by atoms with Gasteiger partial charge >= 0.3 is 0 Å².